The SMILES string of the molecule is CCCCCNc1nccc(NC2CCN(C(=O)OCC)CC2)n1. The minimum atomic E-state index is -0.212. The van der Waals surface area contributed by atoms with Gasteiger partial charge >= 0.3 is 6.09 Å². The van der Waals surface area contributed by atoms with Gasteiger partial charge in [-0.2, -0.15) is 4.98 Å². The lowest BCUT2D eigenvalue weighted by atomic mass is 10.1. The van der Waals surface area contributed by atoms with Crippen molar-refractivity contribution >= 4 is 17.9 Å². The van der Waals surface area contributed by atoms with Crippen LogP contribution in [0.2, 0.25) is 0 Å². The number of piperidine rings is 1. The third-order valence-corrected chi connectivity index (χ3v) is 4.09. The Labute approximate surface area is 144 Å². The van der Waals surface area contributed by atoms with Gasteiger partial charge in [-0.1, -0.05) is 19.8 Å². The van der Waals surface area contributed by atoms with Crippen LogP contribution in [0.4, 0.5) is 16.6 Å². The van der Waals surface area contributed by atoms with Crippen molar-refractivity contribution in [1.82, 2.24) is 14.9 Å². The number of aromatic nitrogens is 2. The molecule has 7 heteroatoms. The second-order valence-corrected chi connectivity index (χ2v) is 6.00. The highest BCUT2D eigenvalue weighted by atomic mass is 16.6. The first kappa shape index (κ1) is 18.3. The van der Waals surface area contributed by atoms with E-state index in [0.29, 0.717) is 31.7 Å². The number of nitrogens with zero attached hydrogens (tertiary/aromatic N) is 3. The predicted octanol–water partition coefficient (Wildman–Crippen LogP) is 3.11. The molecule has 1 aliphatic heterocycles. The Balaban J connectivity index is 1.77. The lowest BCUT2D eigenvalue weighted by molar-refractivity contribution is 0.0983. The van der Waals surface area contributed by atoms with E-state index in [1.807, 2.05) is 13.0 Å². The zero-order valence-corrected chi connectivity index (χ0v) is 14.8. The number of unbranched alkanes of at least 4 members (excludes halogenated alkanes) is 2. The highest BCUT2D eigenvalue weighted by Crippen LogP contribution is 2.16. The summed E-state index contributed by atoms with van der Waals surface area (Å²) < 4.78 is 5.04. The number of hydrogen-bond acceptors (Lipinski definition) is 6. The molecule has 1 aromatic rings. The third kappa shape index (κ3) is 5.86. The third-order valence-electron chi connectivity index (χ3n) is 4.09. The number of rotatable bonds is 8. The van der Waals surface area contributed by atoms with Gasteiger partial charge in [0, 0.05) is 31.9 Å². The maximum Gasteiger partial charge on any atom is 0.409 e. The number of ether oxygens (including phenoxy) is 1. The molecule has 0 unspecified atom stereocenters. The smallest absolute Gasteiger partial charge is 0.409 e. The minimum absolute atomic E-state index is 0.212. The summed E-state index contributed by atoms with van der Waals surface area (Å²) in [6, 6.07) is 2.20. The molecule has 0 aliphatic carbocycles. The average molecular weight is 335 g/mol. The number of carbonyl (C=O) groups excluding carboxylic acids is 1. The van der Waals surface area contributed by atoms with Gasteiger partial charge in [0.1, 0.15) is 5.82 Å². The number of amides is 1. The van der Waals surface area contributed by atoms with Crippen LogP contribution in [-0.2, 0) is 4.74 Å². The van der Waals surface area contributed by atoms with Gasteiger partial charge in [-0.05, 0) is 32.3 Å². The molecule has 2 rings (SSSR count). The predicted molar refractivity (Wildman–Crippen MR) is 95.3 cm³/mol. The Bertz CT molecular complexity index is 504. The molecule has 0 bridgehead atoms. The molecule has 2 heterocycles. The zero-order valence-electron chi connectivity index (χ0n) is 14.8. The highest BCUT2D eigenvalue weighted by molar-refractivity contribution is 5.67. The van der Waals surface area contributed by atoms with Gasteiger partial charge in [0.05, 0.1) is 6.61 Å². The van der Waals surface area contributed by atoms with Crippen molar-refractivity contribution in [3.05, 3.63) is 12.3 Å². The molecule has 1 saturated heterocycles. The second kappa shape index (κ2) is 9.95. The number of likely N-dealkylation sites (tertiary alicyclic amines) is 1. The van der Waals surface area contributed by atoms with Crippen molar-refractivity contribution < 1.29 is 9.53 Å². The van der Waals surface area contributed by atoms with Crippen LogP contribution in [0.3, 0.4) is 0 Å². The van der Waals surface area contributed by atoms with E-state index in [4.69, 9.17) is 4.74 Å². The fraction of sp³-hybridized carbons (Fsp3) is 0.706. The Hall–Kier alpha value is -2.05. The molecule has 1 aliphatic rings. The summed E-state index contributed by atoms with van der Waals surface area (Å²) in [4.78, 5) is 22.2. The van der Waals surface area contributed by atoms with E-state index in [-0.39, 0.29) is 6.09 Å². The van der Waals surface area contributed by atoms with Gasteiger partial charge in [0.25, 0.3) is 0 Å². The van der Waals surface area contributed by atoms with Crippen molar-refractivity contribution in [2.24, 2.45) is 0 Å². The van der Waals surface area contributed by atoms with Gasteiger partial charge in [-0.15, -0.1) is 0 Å². The van der Waals surface area contributed by atoms with Crippen molar-refractivity contribution in [3.8, 4) is 0 Å². The van der Waals surface area contributed by atoms with Gasteiger partial charge < -0.3 is 20.3 Å². The Morgan fingerprint density at radius 1 is 1.33 bits per heavy atom. The molecule has 7 nitrogen and oxygen atoms in total. The molecule has 0 aromatic carbocycles. The molecular weight excluding hydrogens is 306 g/mol. The van der Waals surface area contributed by atoms with Crippen LogP contribution in [0.1, 0.15) is 46.0 Å². The normalized spacial score (nSPS) is 15.2. The summed E-state index contributed by atoms with van der Waals surface area (Å²) >= 11 is 0. The molecular formula is C17H29N5O2. The number of anilines is 2. The van der Waals surface area contributed by atoms with Crippen molar-refractivity contribution in [3.63, 3.8) is 0 Å². The van der Waals surface area contributed by atoms with Gasteiger partial charge in [-0.25, -0.2) is 9.78 Å². The maximum atomic E-state index is 11.7. The second-order valence-electron chi connectivity index (χ2n) is 6.00. The van der Waals surface area contributed by atoms with Crippen molar-refractivity contribution in [2.45, 2.75) is 52.0 Å². The first-order chi connectivity index (χ1) is 11.7. The van der Waals surface area contributed by atoms with E-state index in [9.17, 15) is 4.79 Å². The zero-order chi connectivity index (χ0) is 17.2. The molecule has 1 aromatic heterocycles. The van der Waals surface area contributed by atoms with Crippen LogP contribution < -0.4 is 10.6 Å². The van der Waals surface area contributed by atoms with E-state index in [2.05, 4.69) is 27.5 Å². The van der Waals surface area contributed by atoms with E-state index in [1.165, 1.54) is 12.8 Å². The summed E-state index contributed by atoms with van der Waals surface area (Å²) in [5.74, 6) is 1.50. The topological polar surface area (TPSA) is 79.4 Å². The molecule has 1 amide bonds. The molecule has 0 saturated carbocycles. The van der Waals surface area contributed by atoms with Gasteiger partial charge in [-0.3, -0.25) is 0 Å². The van der Waals surface area contributed by atoms with Crippen molar-refractivity contribution in [1.29, 1.82) is 0 Å². The first-order valence-electron chi connectivity index (χ1n) is 8.98. The summed E-state index contributed by atoms with van der Waals surface area (Å²) in [5, 5.41) is 6.71. The van der Waals surface area contributed by atoms with E-state index in [1.54, 1.807) is 11.1 Å². The number of hydrogen-bond donors (Lipinski definition) is 2. The number of carbonyl (C=O) groups is 1. The Morgan fingerprint density at radius 2 is 2.12 bits per heavy atom. The summed E-state index contributed by atoms with van der Waals surface area (Å²) in [6.07, 6.45) is 6.88. The van der Waals surface area contributed by atoms with E-state index in [0.717, 1.165) is 31.6 Å². The molecule has 24 heavy (non-hydrogen) atoms. The highest BCUT2D eigenvalue weighted by Gasteiger charge is 2.23. The van der Waals surface area contributed by atoms with Crippen LogP contribution >= 0.6 is 0 Å². The summed E-state index contributed by atoms with van der Waals surface area (Å²) in [5.41, 5.74) is 0. The van der Waals surface area contributed by atoms with Gasteiger partial charge in [0.2, 0.25) is 5.95 Å². The largest absolute Gasteiger partial charge is 0.450 e. The molecule has 0 radical (unpaired) electrons. The first-order valence-corrected chi connectivity index (χ1v) is 8.98. The van der Waals surface area contributed by atoms with E-state index < -0.39 is 0 Å². The fourth-order valence-electron chi connectivity index (χ4n) is 2.73. The van der Waals surface area contributed by atoms with Crippen molar-refractivity contribution in [2.75, 3.05) is 36.9 Å². The number of nitrogens with one attached hydrogen (secondary N) is 2. The lowest BCUT2D eigenvalue weighted by Gasteiger charge is -2.31. The molecule has 2 N–H and O–H groups in total. The summed E-state index contributed by atoms with van der Waals surface area (Å²) in [7, 11) is 0. The van der Waals surface area contributed by atoms with Crippen LogP contribution in [0, 0.1) is 0 Å². The molecule has 134 valence electrons. The quantitative estimate of drug-likeness (QED) is 0.711. The lowest BCUT2D eigenvalue weighted by Crippen LogP contribution is -2.42. The fourth-order valence-corrected chi connectivity index (χ4v) is 2.73. The van der Waals surface area contributed by atoms with Crippen LogP contribution in [0.5, 0.6) is 0 Å². The minimum Gasteiger partial charge on any atom is -0.450 e. The monoisotopic (exact) mass is 335 g/mol. The molecule has 1 fully saturated rings. The van der Waals surface area contributed by atoms with Crippen LogP contribution in [0.25, 0.3) is 0 Å². The average Bonchev–Trinajstić information content (AvgIpc) is 2.60. The summed E-state index contributed by atoms with van der Waals surface area (Å²) in [6.45, 7) is 6.76. The molecule has 0 spiro atoms. The molecule has 0 atom stereocenters. The maximum absolute atomic E-state index is 11.7. The Kier molecular flexibility index (Phi) is 7.58. The van der Waals surface area contributed by atoms with Gasteiger partial charge in [0.15, 0.2) is 0 Å². The standard InChI is InChI=1S/C17H29N5O2/c1-3-5-6-10-18-16-19-11-7-15(21-16)20-14-8-12-22(13-9-14)17(23)24-4-2/h7,11,14H,3-6,8-10,12-13H2,1-2H3,(H2,18,19,20,21). The Morgan fingerprint density at radius 3 is 2.83 bits per heavy atom. The van der Waals surface area contributed by atoms with Crippen LogP contribution in [0.15, 0.2) is 12.3 Å². The van der Waals surface area contributed by atoms with Crippen LogP contribution in [-0.4, -0.2) is 53.2 Å². The van der Waals surface area contributed by atoms with E-state index >= 15 is 0 Å².